The van der Waals surface area contributed by atoms with E-state index in [2.05, 4.69) is 10.6 Å². The minimum Gasteiger partial charge on any atom is -0.481 e. The maximum absolute atomic E-state index is 10.9. The van der Waals surface area contributed by atoms with Crippen LogP contribution >= 0.6 is 0 Å². The van der Waals surface area contributed by atoms with E-state index in [1.54, 1.807) is 0 Å². The van der Waals surface area contributed by atoms with Gasteiger partial charge in [-0.25, -0.2) is 0 Å². The summed E-state index contributed by atoms with van der Waals surface area (Å²) >= 11 is 0. The van der Waals surface area contributed by atoms with Crippen molar-refractivity contribution in [1.82, 2.24) is 10.6 Å². The number of nitrogens with one attached hydrogen (secondary N) is 2. The van der Waals surface area contributed by atoms with Gasteiger partial charge >= 0.3 is 5.97 Å². The van der Waals surface area contributed by atoms with Gasteiger partial charge < -0.3 is 15.7 Å². The molecule has 0 rings (SSSR count). The van der Waals surface area contributed by atoms with Crippen LogP contribution in [-0.4, -0.2) is 36.5 Å². The molecule has 0 radical (unpaired) electrons. The van der Waals surface area contributed by atoms with Crippen LogP contribution in [0, 0.1) is 0 Å². The molecular formula is C8H14N2O4. The summed E-state index contributed by atoms with van der Waals surface area (Å²) in [5, 5.41) is 13.1. The number of carboxylic acids is 1. The molecule has 14 heavy (non-hydrogen) atoms. The van der Waals surface area contributed by atoms with Gasteiger partial charge in [-0.05, 0) is 12.8 Å². The van der Waals surface area contributed by atoms with E-state index in [9.17, 15) is 14.4 Å². The number of carbonyl (C=O) groups is 3. The van der Waals surface area contributed by atoms with E-state index >= 15 is 0 Å². The van der Waals surface area contributed by atoms with Crippen molar-refractivity contribution in [3.63, 3.8) is 0 Å². The second kappa shape index (κ2) is 8.03. The SMILES string of the molecule is O=CNCC(=O)NCCCCC(=O)O. The van der Waals surface area contributed by atoms with Gasteiger partial charge in [0.15, 0.2) is 0 Å². The highest BCUT2D eigenvalue weighted by Crippen LogP contribution is 1.92. The Labute approximate surface area is 81.7 Å². The summed E-state index contributed by atoms with van der Waals surface area (Å²) in [7, 11) is 0. The van der Waals surface area contributed by atoms with Crippen molar-refractivity contribution in [2.45, 2.75) is 19.3 Å². The Balaban J connectivity index is 3.22. The molecule has 6 heteroatoms. The standard InChI is InChI=1S/C8H14N2O4/c11-6-9-5-7(12)10-4-2-1-3-8(13)14/h6H,1-5H2,(H,9,11)(H,10,12)(H,13,14). The number of hydrogen-bond donors (Lipinski definition) is 3. The molecule has 0 spiro atoms. The fraction of sp³-hybridized carbons (Fsp3) is 0.625. The lowest BCUT2D eigenvalue weighted by molar-refractivity contribution is -0.137. The van der Waals surface area contributed by atoms with Crippen molar-refractivity contribution in [2.75, 3.05) is 13.1 Å². The van der Waals surface area contributed by atoms with E-state index in [1.807, 2.05) is 0 Å². The van der Waals surface area contributed by atoms with Crippen LogP contribution in [0.5, 0.6) is 0 Å². The fourth-order valence-corrected chi connectivity index (χ4v) is 0.826. The predicted molar refractivity (Wildman–Crippen MR) is 48.6 cm³/mol. The van der Waals surface area contributed by atoms with Crippen LogP contribution in [0.1, 0.15) is 19.3 Å². The lowest BCUT2D eigenvalue weighted by atomic mass is 10.2. The zero-order valence-corrected chi connectivity index (χ0v) is 7.78. The van der Waals surface area contributed by atoms with Crippen LogP contribution in [0.3, 0.4) is 0 Å². The summed E-state index contributed by atoms with van der Waals surface area (Å²) in [5.74, 6) is -1.11. The Kier molecular flexibility index (Phi) is 7.12. The molecule has 0 fully saturated rings. The average molecular weight is 202 g/mol. The monoisotopic (exact) mass is 202 g/mol. The second-order valence-corrected chi connectivity index (χ2v) is 2.70. The molecular weight excluding hydrogens is 188 g/mol. The number of unbranched alkanes of at least 4 members (excludes halogenated alkanes) is 1. The Morgan fingerprint density at radius 1 is 1.29 bits per heavy atom. The highest BCUT2D eigenvalue weighted by Gasteiger charge is 1.99. The molecule has 2 amide bonds. The first kappa shape index (κ1) is 12.4. The summed E-state index contributed by atoms with van der Waals surface area (Å²) in [6, 6.07) is 0. The van der Waals surface area contributed by atoms with Crippen molar-refractivity contribution in [3.8, 4) is 0 Å². The van der Waals surface area contributed by atoms with Crippen LogP contribution in [0.25, 0.3) is 0 Å². The van der Waals surface area contributed by atoms with Gasteiger partial charge in [0.05, 0.1) is 6.54 Å². The quantitative estimate of drug-likeness (QED) is 0.351. The van der Waals surface area contributed by atoms with E-state index in [0.717, 1.165) is 0 Å². The largest absolute Gasteiger partial charge is 0.481 e. The third kappa shape index (κ3) is 8.51. The maximum atomic E-state index is 10.9. The number of hydrogen-bond acceptors (Lipinski definition) is 3. The molecule has 0 atom stereocenters. The van der Waals surface area contributed by atoms with E-state index in [4.69, 9.17) is 5.11 Å². The van der Waals surface area contributed by atoms with E-state index in [1.165, 1.54) is 0 Å². The summed E-state index contributed by atoms with van der Waals surface area (Å²) in [6.07, 6.45) is 1.72. The molecule has 6 nitrogen and oxygen atoms in total. The molecule has 3 N–H and O–H groups in total. The molecule has 0 aromatic carbocycles. The molecule has 0 bridgehead atoms. The van der Waals surface area contributed by atoms with Gasteiger partial charge in [0.25, 0.3) is 0 Å². The third-order valence-corrected chi connectivity index (χ3v) is 1.49. The van der Waals surface area contributed by atoms with Gasteiger partial charge in [-0.1, -0.05) is 0 Å². The number of amides is 2. The van der Waals surface area contributed by atoms with Crippen LogP contribution in [-0.2, 0) is 14.4 Å². The summed E-state index contributed by atoms with van der Waals surface area (Å²) in [4.78, 5) is 30.8. The predicted octanol–water partition coefficient (Wildman–Crippen LogP) is -0.897. The second-order valence-electron chi connectivity index (χ2n) is 2.70. The Morgan fingerprint density at radius 2 is 2.00 bits per heavy atom. The Morgan fingerprint density at radius 3 is 2.57 bits per heavy atom. The smallest absolute Gasteiger partial charge is 0.303 e. The van der Waals surface area contributed by atoms with Crippen molar-refractivity contribution in [1.29, 1.82) is 0 Å². The van der Waals surface area contributed by atoms with Crippen molar-refractivity contribution in [2.24, 2.45) is 0 Å². The van der Waals surface area contributed by atoms with Gasteiger partial charge in [-0.3, -0.25) is 14.4 Å². The average Bonchev–Trinajstić information content (AvgIpc) is 2.13. The maximum Gasteiger partial charge on any atom is 0.303 e. The van der Waals surface area contributed by atoms with Gasteiger partial charge in [0, 0.05) is 13.0 Å². The van der Waals surface area contributed by atoms with E-state index < -0.39 is 5.97 Å². The minimum absolute atomic E-state index is 0.0393. The number of rotatable bonds is 8. The summed E-state index contributed by atoms with van der Waals surface area (Å²) < 4.78 is 0. The zero-order valence-electron chi connectivity index (χ0n) is 7.78. The van der Waals surface area contributed by atoms with Crippen LogP contribution < -0.4 is 10.6 Å². The van der Waals surface area contributed by atoms with Crippen LogP contribution in [0.2, 0.25) is 0 Å². The van der Waals surface area contributed by atoms with Gasteiger partial charge in [0.1, 0.15) is 0 Å². The molecule has 0 heterocycles. The topological polar surface area (TPSA) is 95.5 Å². The molecule has 80 valence electrons. The zero-order chi connectivity index (χ0) is 10.8. The van der Waals surface area contributed by atoms with Crippen LogP contribution in [0.4, 0.5) is 0 Å². The first-order valence-corrected chi connectivity index (χ1v) is 4.32. The molecule has 0 aliphatic rings. The van der Waals surface area contributed by atoms with Crippen molar-refractivity contribution >= 4 is 18.3 Å². The molecule has 0 aromatic heterocycles. The molecule has 0 aliphatic carbocycles. The lowest BCUT2D eigenvalue weighted by Gasteiger charge is -2.03. The first-order chi connectivity index (χ1) is 6.66. The third-order valence-electron chi connectivity index (χ3n) is 1.49. The van der Waals surface area contributed by atoms with Gasteiger partial charge in [-0.15, -0.1) is 0 Å². The molecule has 0 aromatic rings. The summed E-state index contributed by atoms with van der Waals surface area (Å²) in [5.41, 5.74) is 0. The van der Waals surface area contributed by atoms with Crippen molar-refractivity contribution < 1.29 is 19.5 Å². The minimum atomic E-state index is -0.834. The molecule has 0 saturated carbocycles. The highest BCUT2D eigenvalue weighted by atomic mass is 16.4. The van der Waals surface area contributed by atoms with E-state index in [0.29, 0.717) is 25.8 Å². The molecule has 0 unspecified atom stereocenters. The fourth-order valence-electron chi connectivity index (χ4n) is 0.826. The van der Waals surface area contributed by atoms with Gasteiger partial charge in [-0.2, -0.15) is 0 Å². The Hall–Kier alpha value is -1.59. The Bertz CT molecular complexity index is 206. The summed E-state index contributed by atoms with van der Waals surface area (Å²) in [6.45, 7) is 0.398. The normalized spacial score (nSPS) is 9.14. The molecule has 0 saturated heterocycles. The van der Waals surface area contributed by atoms with Crippen molar-refractivity contribution in [3.05, 3.63) is 0 Å². The van der Waals surface area contributed by atoms with Crippen LogP contribution in [0.15, 0.2) is 0 Å². The molecule has 0 aliphatic heterocycles. The highest BCUT2D eigenvalue weighted by molar-refractivity contribution is 5.79. The first-order valence-electron chi connectivity index (χ1n) is 4.32. The number of carboxylic acid groups (broad SMARTS) is 1. The van der Waals surface area contributed by atoms with E-state index in [-0.39, 0.29) is 18.9 Å². The lowest BCUT2D eigenvalue weighted by Crippen LogP contribution is -2.33. The number of aliphatic carboxylic acids is 1. The van der Waals surface area contributed by atoms with Gasteiger partial charge in [0.2, 0.25) is 12.3 Å². The number of carbonyl (C=O) groups excluding carboxylic acids is 2.